The number of carbonyl (C=O) groups excluding carboxylic acids is 1. The molecule has 0 aliphatic rings. The van der Waals surface area contributed by atoms with E-state index in [0.717, 1.165) is 11.3 Å². The summed E-state index contributed by atoms with van der Waals surface area (Å²) in [4.78, 5) is 15.3. The first-order valence-corrected chi connectivity index (χ1v) is 7.61. The van der Waals surface area contributed by atoms with E-state index in [9.17, 15) is 9.18 Å². The van der Waals surface area contributed by atoms with Gasteiger partial charge in [0.05, 0.1) is 16.2 Å². The fourth-order valence-electron chi connectivity index (χ4n) is 2.22. The van der Waals surface area contributed by atoms with Crippen LogP contribution in [0.25, 0.3) is 23.1 Å². The highest BCUT2D eigenvalue weighted by Gasteiger charge is 2.03. The normalized spacial score (nSPS) is 11.1. The summed E-state index contributed by atoms with van der Waals surface area (Å²) in [6.07, 6.45) is 3.73. The molecule has 0 atom stereocenters. The van der Waals surface area contributed by atoms with Crippen molar-refractivity contribution < 1.29 is 13.9 Å². The third-order valence-electron chi connectivity index (χ3n) is 3.34. The molecule has 0 spiro atoms. The number of fused-ring (bicyclic) bond motifs is 1. The number of halogens is 2. The van der Waals surface area contributed by atoms with Crippen LogP contribution >= 0.6 is 11.6 Å². The van der Waals surface area contributed by atoms with Gasteiger partial charge in [0.1, 0.15) is 11.6 Å². The predicted molar refractivity (Wildman–Crippen MR) is 93.4 cm³/mol. The minimum atomic E-state index is -0.456. The smallest absolute Gasteiger partial charge is 0.308 e. The van der Waals surface area contributed by atoms with Gasteiger partial charge in [-0.25, -0.2) is 9.37 Å². The monoisotopic (exact) mass is 341 g/mol. The Bertz CT molecular complexity index is 936. The second-order valence-corrected chi connectivity index (χ2v) is 5.60. The van der Waals surface area contributed by atoms with Gasteiger partial charge in [0.2, 0.25) is 0 Å². The molecule has 0 saturated heterocycles. The molecule has 1 heterocycles. The summed E-state index contributed by atoms with van der Waals surface area (Å²) in [5, 5.41) is 0.747. The minimum absolute atomic E-state index is 0.0530. The molecule has 120 valence electrons. The van der Waals surface area contributed by atoms with E-state index < -0.39 is 5.82 Å². The van der Waals surface area contributed by atoms with Gasteiger partial charge in [-0.15, -0.1) is 0 Å². The lowest BCUT2D eigenvalue weighted by molar-refractivity contribution is -0.131. The summed E-state index contributed by atoms with van der Waals surface area (Å²) in [5.41, 5.74) is 2.30. The number of esters is 1. The lowest BCUT2D eigenvalue weighted by Gasteiger charge is -2.02. The van der Waals surface area contributed by atoms with Crippen LogP contribution in [0, 0.1) is 5.82 Å². The molecule has 1 aromatic heterocycles. The van der Waals surface area contributed by atoms with Crippen molar-refractivity contribution in [1.82, 2.24) is 4.98 Å². The van der Waals surface area contributed by atoms with Gasteiger partial charge in [0.15, 0.2) is 0 Å². The van der Waals surface area contributed by atoms with Crippen LogP contribution in [0.15, 0.2) is 48.5 Å². The Morgan fingerprint density at radius 3 is 2.58 bits per heavy atom. The average Bonchev–Trinajstić information content (AvgIpc) is 2.55. The Morgan fingerprint density at radius 2 is 1.88 bits per heavy atom. The summed E-state index contributed by atoms with van der Waals surface area (Å²) in [6, 6.07) is 13.6. The van der Waals surface area contributed by atoms with Gasteiger partial charge in [-0.1, -0.05) is 35.9 Å². The molecular formula is C19H13ClFNO2. The third kappa shape index (κ3) is 3.78. The van der Waals surface area contributed by atoms with Crippen molar-refractivity contribution in [3.63, 3.8) is 0 Å². The summed E-state index contributed by atoms with van der Waals surface area (Å²) < 4.78 is 18.4. The summed E-state index contributed by atoms with van der Waals surface area (Å²) in [6.45, 7) is 1.36. The first kappa shape index (κ1) is 16.1. The van der Waals surface area contributed by atoms with Crippen molar-refractivity contribution in [3.05, 3.63) is 70.6 Å². The molecule has 3 aromatic rings. The summed E-state index contributed by atoms with van der Waals surface area (Å²) in [7, 11) is 0. The van der Waals surface area contributed by atoms with Gasteiger partial charge in [0, 0.05) is 12.3 Å². The first-order chi connectivity index (χ1) is 11.5. The number of carbonyl (C=O) groups is 1. The molecule has 0 aliphatic carbocycles. The number of hydrogen-bond acceptors (Lipinski definition) is 3. The van der Waals surface area contributed by atoms with Crippen molar-refractivity contribution >= 4 is 40.6 Å². The minimum Gasteiger partial charge on any atom is -0.427 e. The molecule has 0 aliphatic heterocycles. The van der Waals surface area contributed by atoms with Crippen LogP contribution in [0.2, 0.25) is 5.02 Å². The van der Waals surface area contributed by atoms with E-state index in [4.69, 9.17) is 16.3 Å². The molecule has 0 amide bonds. The first-order valence-electron chi connectivity index (χ1n) is 7.23. The number of rotatable bonds is 3. The molecule has 0 saturated carbocycles. The summed E-state index contributed by atoms with van der Waals surface area (Å²) in [5.74, 6) is -0.309. The van der Waals surface area contributed by atoms with E-state index in [1.165, 1.54) is 19.1 Å². The molecule has 0 fully saturated rings. The molecule has 3 rings (SSSR count). The Hall–Kier alpha value is -2.72. The predicted octanol–water partition coefficient (Wildman–Crippen LogP) is 5.12. The number of ether oxygens (including phenoxy) is 1. The van der Waals surface area contributed by atoms with Crippen molar-refractivity contribution in [2.75, 3.05) is 0 Å². The Morgan fingerprint density at radius 1 is 1.12 bits per heavy atom. The van der Waals surface area contributed by atoms with E-state index in [1.54, 1.807) is 24.3 Å². The highest BCUT2D eigenvalue weighted by Crippen LogP contribution is 2.22. The van der Waals surface area contributed by atoms with Gasteiger partial charge in [-0.3, -0.25) is 4.79 Å². The molecule has 0 bridgehead atoms. The van der Waals surface area contributed by atoms with E-state index in [1.807, 2.05) is 24.3 Å². The second kappa shape index (κ2) is 6.81. The number of hydrogen-bond donors (Lipinski definition) is 0. The SMILES string of the molecule is CC(=O)Oc1ccc(C=Cc2ccc3cc(F)c(Cl)cc3n2)cc1. The maximum Gasteiger partial charge on any atom is 0.308 e. The molecule has 5 heteroatoms. The van der Waals surface area contributed by atoms with Crippen LogP contribution in [0.1, 0.15) is 18.2 Å². The van der Waals surface area contributed by atoms with Crippen molar-refractivity contribution in [1.29, 1.82) is 0 Å². The lowest BCUT2D eigenvalue weighted by Crippen LogP contribution is -2.00. The number of aromatic nitrogens is 1. The summed E-state index contributed by atoms with van der Waals surface area (Å²) >= 11 is 5.79. The van der Waals surface area contributed by atoms with Crippen LogP contribution in [-0.4, -0.2) is 11.0 Å². The van der Waals surface area contributed by atoms with Crippen LogP contribution in [0.5, 0.6) is 5.75 Å². The zero-order chi connectivity index (χ0) is 17.1. The van der Waals surface area contributed by atoms with Crippen LogP contribution < -0.4 is 4.74 Å². The zero-order valence-corrected chi connectivity index (χ0v) is 13.5. The molecule has 0 radical (unpaired) electrons. The largest absolute Gasteiger partial charge is 0.427 e. The number of pyridine rings is 1. The Kier molecular flexibility index (Phi) is 4.58. The van der Waals surface area contributed by atoms with E-state index in [-0.39, 0.29) is 11.0 Å². The maximum atomic E-state index is 13.4. The fourth-order valence-corrected chi connectivity index (χ4v) is 2.38. The lowest BCUT2D eigenvalue weighted by atomic mass is 10.1. The van der Waals surface area contributed by atoms with Gasteiger partial charge in [-0.2, -0.15) is 0 Å². The van der Waals surface area contributed by atoms with Crippen LogP contribution in [0.4, 0.5) is 4.39 Å². The highest BCUT2D eigenvalue weighted by atomic mass is 35.5. The van der Waals surface area contributed by atoms with Crippen LogP contribution in [-0.2, 0) is 4.79 Å². The second-order valence-electron chi connectivity index (χ2n) is 5.19. The number of benzene rings is 2. The standard InChI is InChI=1S/C19H13ClFNO2/c1-12(23)24-16-8-3-13(4-9-16)2-6-15-7-5-14-10-18(21)17(20)11-19(14)22-15/h2-11H,1H3. The third-order valence-corrected chi connectivity index (χ3v) is 3.63. The number of nitrogens with zero attached hydrogens (tertiary/aromatic N) is 1. The van der Waals surface area contributed by atoms with Gasteiger partial charge in [0.25, 0.3) is 0 Å². The molecule has 24 heavy (non-hydrogen) atoms. The molecule has 3 nitrogen and oxygen atoms in total. The van der Waals surface area contributed by atoms with Crippen LogP contribution in [0.3, 0.4) is 0 Å². The molecular weight excluding hydrogens is 329 g/mol. The highest BCUT2D eigenvalue weighted by molar-refractivity contribution is 6.31. The Labute approximate surface area is 143 Å². The van der Waals surface area contributed by atoms with E-state index >= 15 is 0 Å². The topological polar surface area (TPSA) is 39.2 Å². The van der Waals surface area contributed by atoms with Gasteiger partial charge >= 0.3 is 5.97 Å². The van der Waals surface area contributed by atoms with E-state index in [2.05, 4.69) is 4.98 Å². The average molecular weight is 342 g/mol. The molecule has 0 unspecified atom stereocenters. The Balaban J connectivity index is 1.82. The maximum absolute atomic E-state index is 13.4. The van der Waals surface area contributed by atoms with Crippen molar-refractivity contribution in [2.45, 2.75) is 6.92 Å². The fraction of sp³-hybridized carbons (Fsp3) is 0.0526. The molecule has 0 N–H and O–H groups in total. The van der Waals surface area contributed by atoms with Crippen molar-refractivity contribution in [3.8, 4) is 5.75 Å². The quantitative estimate of drug-likeness (QED) is 0.490. The van der Waals surface area contributed by atoms with Gasteiger partial charge in [-0.05, 0) is 42.0 Å². The zero-order valence-electron chi connectivity index (χ0n) is 12.8. The van der Waals surface area contributed by atoms with Gasteiger partial charge < -0.3 is 4.74 Å². The van der Waals surface area contributed by atoms with E-state index in [0.29, 0.717) is 16.7 Å². The van der Waals surface area contributed by atoms with Crippen molar-refractivity contribution in [2.24, 2.45) is 0 Å². The molecule has 2 aromatic carbocycles.